The van der Waals surface area contributed by atoms with Crippen LogP contribution in [0, 0.1) is 0 Å². The molecule has 0 aliphatic carbocycles. The van der Waals surface area contributed by atoms with Gasteiger partial charge in [-0.05, 0) is 44.9 Å². The average Bonchev–Trinajstić information content (AvgIpc) is 2.14. The predicted octanol–water partition coefficient (Wildman–Crippen LogP) is 2.77. The highest BCUT2D eigenvalue weighted by Gasteiger charge is 2.10. The summed E-state index contributed by atoms with van der Waals surface area (Å²) in [7, 11) is 2.24. The maximum absolute atomic E-state index is 4.22. The normalized spacial score (nSPS) is 13.6. The van der Waals surface area contributed by atoms with E-state index in [0.29, 0.717) is 0 Å². The summed E-state index contributed by atoms with van der Waals surface area (Å²) >= 11 is 6.16. The van der Waals surface area contributed by atoms with Crippen molar-refractivity contribution >= 4 is 24.4 Å². The highest BCUT2D eigenvalue weighted by Crippen LogP contribution is 2.09. The van der Waals surface area contributed by atoms with Crippen LogP contribution in [-0.4, -0.2) is 42.3 Å². The molecule has 13 heavy (non-hydrogen) atoms. The molecule has 0 aliphatic rings. The van der Waals surface area contributed by atoms with Gasteiger partial charge in [-0.1, -0.05) is 6.92 Å². The summed E-state index contributed by atoms with van der Waals surface area (Å²) in [5.41, 5.74) is 0. The Hall–Kier alpha value is 0.660. The molecule has 0 amide bonds. The van der Waals surface area contributed by atoms with Crippen LogP contribution in [0.2, 0.25) is 0 Å². The van der Waals surface area contributed by atoms with Crippen molar-refractivity contribution in [3.63, 3.8) is 0 Å². The van der Waals surface area contributed by atoms with E-state index in [1.54, 1.807) is 0 Å². The van der Waals surface area contributed by atoms with Crippen molar-refractivity contribution in [2.45, 2.75) is 32.2 Å². The van der Waals surface area contributed by atoms with Gasteiger partial charge in [0, 0.05) is 11.8 Å². The second kappa shape index (κ2) is 9.22. The van der Waals surface area contributed by atoms with Gasteiger partial charge in [0.1, 0.15) is 0 Å². The first kappa shape index (κ1) is 13.7. The number of unbranched alkanes of at least 4 members (excludes halogenated alkanes) is 1. The summed E-state index contributed by atoms with van der Waals surface area (Å²) in [5.74, 6) is 2.28. The van der Waals surface area contributed by atoms with Crippen molar-refractivity contribution in [2.75, 3.05) is 31.4 Å². The summed E-state index contributed by atoms with van der Waals surface area (Å²) < 4.78 is 0. The fourth-order valence-corrected chi connectivity index (χ4v) is 2.50. The molecule has 0 aliphatic heterocycles. The van der Waals surface area contributed by atoms with Gasteiger partial charge in [0.25, 0.3) is 0 Å². The molecule has 0 aromatic heterocycles. The van der Waals surface area contributed by atoms with Crippen LogP contribution in [0.25, 0.3) is 0 Å². The van der Waals surface area contributed by atoms with Crippen molar-refractivity contribution in [3.05, 3.63) is 0 Å². The standard InChI is InChI=1S/C10H23NS2/c1-4-10(9-13-3)11(2)7-5-6-8-12/h10,12H,4-9H2,1-3H3. The molecule has 0 bridgehead atoms. The highest BCUT2D eigenvalue weighted by atomic mass is 32.2. The van der Waals surface area contributed by atoms with Crippen molar-refractivity contribution in [1.82, 2.24) is 4.90 Å². The second-order valence-electron chi connectivity index (χ2n) is 3.43. The molecule has 0 aromatic rings. The minimum atomic E-state index is 0.759. The molecule has 0 saturated carbocycles. The van der Waals surface area contributed by atoms with E-state index >= 15 is 0 Å². The van der Waals surface area contributed by atoms with E-state index in [2.05, 4.69) is 37.8 Å². The average molecular weight is 221 g/mol. The predicted molar refractivity (Wildman–Crippen MR) is 68.2 cm³/mol. The molecule has 0 saturated heterocycles. The van der Waals surface area contributed by atoms with E-state index in [9.17, 15) is 0 Å². The summed E-state index contributed by atoms with van der Waals surface area (Å²) in [4.78, 5) is 2.49. The molecule has 0 spiro atoms. The molecule has 1 atom stereocenters. The number of thiol groups is 1. The molecular formula is C10H23NS2. The molecule has 1 unspecified atom stereocenters. The first-order chi connectivity index (χ1) is 6.26. The topological polar surface area (TPSA) is 3.24 Å². The van der Waals surface area contributed by atoms with Gasteiger partial charge >= 0.3 is 0 Å². The monoisotopic (exact) mass is 221 g/mol. The van der Waals surface area contributed by atoms with E-state index in [0.717, 1.165) is 11.8 Å². The van der Waals surface area contributed by atoms with Crippen LogP contribution < -0.4 is 0 Å². The quantitative estimate of drug-likeness (QED) is 0.496. The molecule has 0 N–H and O–H groups in total. The lowest BCUT2D eigenvalue weighted by atomic mass is 10.2. The number of nitrogens with zero attached hydrogens (tertiary/aromatic N) is 1. The largest absolute Gasteiger partial charge is 0.303 e. The van der Waals surface area contributed by atoms with Gasteiger partial charge in [-0.3, -0.25) is 0 Å². The molecule has 3 heteroatoms. The number of hydrogen-bond donors (Lipinski definition) is 1. The van der Waals surface area contributed by atoms with E-state index in [4.69, 9.17) is 0 Å². The zero-order valence-electron chi connectivity index (χ0n) is 9.12. The molecule has 0 fully saturated rings. The first-order valence-electron chi connectivity index (χ1n) is 5.06. The van der Waals surface area contributed by atoms with Crippen molar-refractivity contribution in [3.8, 4) is 0 Å². The Morgan fingerprint density at radius 1 is 1.38 bits per heavy atom. The van der Waals surface area contributed by atoms with Crippen LogP contribution in [0.3, 0.4) is 0 Å². The molecule has 0 rings (SSSR count). The van der Waals surface area contributed by atoms with Gasteiger partial charge in [-0.25, -0.2) is 0 Å². The Labute approximate surface area is 93.1 Å². The van der Waals surface area contributed by atoms with Crippen LogP contribution in [0.1, 0.15) is 26.2 Å². The zero-order valence-corrected chi connectivity index (χ0v) is 10.8. The number of hydrogen-bond acceptors (Lipinski definition) is 3. The summed E-state index contributed by atoms with van der Waals surface area (Å²) in [5, 5.41) is 0. The SMILES string of the molecule is CCC(CSC)N(C)CCCCS. The van der Waals surface area contributed by atoms with E-state index in [1.165, 1.54) is 31.6 Å². The molecule has 0 heterocycles. The van der Waals surface area contributed by atoms with Crippen molar-refractivity contribution in [1.29, 1.82) is 0 Å². The molecular weight excluding hydrogens is 198 g/mol. The molecule has 0 radical (unpaired) electrons. The number of thioether (sulfide) groups is 1. The van der Waals surface area contributed by atoms with Crippen LogP contribution in [0.15, 0.2) is 0 Å². The molecule has 1 nitrogen and oxygen atoms in total. The lowest BCUT2D eigenvalue weighted by Gasteiger charge is -2.26. The van der Waals surface area contributed by atoms with Gasteiger partial charge in [0.15, 0.2) is 0 Å². The van der Waals surface area contributed by atoms with E-state index in [-0.39, 0.29) is 0 Å². The van der Waals surface area contributed by atoms with Crippen LogP contribution >= 0.6 is 24.4 Å². The fourth-order valence-electron chi connectivity index (χ4n) is 1.40. The third-order valence-electron chi connectivity index (χ3n) is 2.37. The third-order valence-corrected chi connectivity index (χ3v) is 3.41. The van der Waals surface area contributed by atoms with Crippen LogP contribution in [0.5, 0.6) is 0 Å². The Morgan fingerprint density at radius 3 is 2.54 bits per heavy atom. The smallest absolute Gasteiger partial charge is 0.0180 e. The first-order valence-corrected chi connectivity index (χ1v) is 7.08. The van der Waals surface area contributed by atoms with Crippen LogP contribution in [0.4, 0.5) is 0 Å². The van der Waals surface area contributed by atoms with Gasteiger partial charge in [0.05, 0.1) is 0 Å². The van der Waals surface area contributed by atoms with Gasteiger partial charge < -0.3 is 4.90 Å². The Kier molecular flexibility index (Phi) is 9.69. The number of rotatable bonds is 8. The minimum absolute atomic E-state index is 0.759. The summed E-state index contributed by atoms with van der Waals surface area (Å²) in [6, 6.07) is 0.759. The summed E-state index contributed by atoms with van der Waals surface area (Å²) in [6.07, 6.45) is 5.97. The van der Waals surface area contributed by atoms with Crippen LogP contribution in [-0.2, 0) is 0 Å². The van der Waals surface area contributed by atoms with Crippen molar-refractivity contribution in [2.24, 2.45) is 0 Å². The zero-order chi connectivity index (χ0) is 10.1. The highest BCUT2D eigenvalue weighted by molar-refractivity contribution is 7.98. The third kappa shape index (κ3) is 6.69. The Morgan fingerprint density at radius 2 is 2.08 bits per heavy atom. The van der Waals surface area contributed by atoms with Crippen molar-refractivity contribution < 1.29 is 0 Å². The van der Waals surface area contributed by atoms with E-state index < -0.39 is 0 Å². The minimum Gasteiger partial charge on any atom is -0.303 e. The van der Waals surface area contributed by atoms with Gasteiger partial charge in [-0.2, -0.15) is 24.4 Å². The Balaban J connectivity index is 3.57. The fraction of sp³-hybridized carbons (Fsp3) is 1.00. The van der Waals surface area contributed by atoms with E-state index in [1.807, 2.05) is 11.8 Å². The van der Waals surface area contributed by atoms with Gasteiger partial charge in [0.2, 0.25) is 0 Å². The van der Waals surface area contributed by atoms with Gasteiger partial charge in [-0.15, -0.1) is 0 Å². The maximum atomic E-state index is 4.22. The summed E-state index contributed by atoms with van der Waals surface area (Å²) in [6.45, 7) is 3.50. The lowest BCUT2D eigenvalue weighted by molar-refractivity contribution is 0.252. The molecule has 80 valence electrons. The lowest BCUT2D eigenvalue weighted by Crippen LogP contribution is -2.33. The molecule has 0 aromatic carbocycles. The second-order valence-corrected chi connectivity index (χ2v) is 4.79. The maximum Gasteiger partial charge on any atom is 0.0180 e. The Bertz CT molecular complexity index is 109.